The highest BCUT2D eigenvalue weighted by Crippen LogP contribution is 2.66. The Morgan fingerprint density at radius 1 is 0.656 bits per heavy atom. The van der Waals surface area contributed by atoms with Crippen molar-refractivity contribution in [1.82, 2.24) is 4.57 Å². The molecule has 0 bridgehead atoms. The molecule has 4 atom stereocenters. The van der Waals surface area contributed by atoms with E-state index in [-0.39, 0.29) is 34.0 Å². The smallest absolute Gasteiger partial charge is 0.252 e. The van der Waals surface area contributed by atoms with Crippen molar-refractivity contribution >= 4 is 87.4 Å². The number of para-hydroxylation sites is 2. The number of hydrogen-bond donors (Lipinski definition) is 0. The van der Waals surface area contributed by atoms with Crippen LogP contribution in [-0.4, -0.2) is 31.4 Å². The van der Waals surface area contributed by atoms with Crippen LogP contribution < -0.4 is 31.4 Å². The van der Waals surface area contributed by atoms with Crippen LogP contribution in [0.4, 0.5) is 22.7 Å². The molecule has 1 fully saturated rings. The third-order valence-electron chi connectivity index (χ3n) is 17.9. The van der Waals surface area contributed by atoms with Crippen molar-refractivity contribution in [2.45, 2.75) is 121 Å². The Labute approximate surface area is 363 Å². The maximum absolute atomic E-state index is 4.75. The Morgan fingerprint density at radius 3 is 2.23 bits per heavy atom. The van der Waals surface area contributed by atoms with Gasteiger partial charge in [-0.2, -0.15) is 0 Å². The maximum Gasteiger partial charge on any atom is 0.252 e. The second kappa shape index (κ2) is 11.5. The first kappa shape index (κ1) is 36.5. The van der Waals surface area contributed by atoms with Crippen molar-refractivity contribution in [3.63, 3.8) is 0 Å². The molecule has 7 aromatic rings. The van der Waals surface area contributed by atoms with Crippen molar-refractivity contribution in [2.24, 2.45) is 0 Å². The predicted molar refractivity (Wildman–Crippen MR) is 263 cm³/mol. The summed E-state index contributed by atoms with van der Waals surface area (Å²) in [6.07, 6.45) is 11.9. The molecule has 3 nitrogen and oxygen atoms in total. The molecule has 6 aliphatic rings. The molecule has 1 aromatic heterocycles. The van der Waals surface area contributed by atoms with Gasteiger partial charge in [-0.15, -0.1) is 6.17 Å². The number of benzene rings is 6. The van der Waals surface area contributed by atoms with Crippen LogP contribution in [0.5, 0.6) is 0 Å². The summed E-state index contributed by atoms with van der Waals surface area (Å²) in [5, 5.41) is 4.16. The monoisotopic (exact) mass is 809 g/mol. The van der Waals surface area contributed by atoms with Gasteiger partial charge in [0, 0.05) is 64.0 Å². The number of nitrogens with zero attached hydrogens (tertiary/aromatic N) is 3. The number of rotatable bonds is 2. The van der Waals surface area contributed by atoms with E-state index < -0.39 is 8.41 Å². The van der Waals surface area contributed by atoms with Gasteiger partial charge in [0.05, 0.1) is 16.6 Å². The van der Waals surface area contributed by atoms with Crippen LogP contribution >= 0.6 is 0 Å². The van der Waals surface area contributed by atoms with Crippen molar-refractivity contribution in [2.75, 3.05) is 9.80 Å². The summed E-state index contributed by atoms with van der Waals surface area (Å²) < 4.78 is 2.68. The Morgan fingerprint density at radius 2 is 1.41 bits per heavy atom. The molecule has 4 aliphatic heterocycles. The summed E-state index contributed by atoms with van der Waals surface area (Å²) in [5.41, 5.74) is 21.1. The molecular formula is C56H56BN3Si. The van der Waals surface area contributed by atoms with E-state index in [9.17, 15) is 0 Å². The van der Waals surface area contributed by atoms with Gasteiger partial charge in [-0.05, 0) is 119 Å². The fourth-order valence-electron chi connectivity index (χ4n) is 14.3. The first-order valence-corrected chi connectivity index (χ1v) is 25.3. The van der Waals surface area contributed by atoms with Crippen LogP contribution in [0, 0.1) is 0 Å². The van der Waals surface area contributed by atoms with Crippen LogP contribution in [-0.2, 0) is 28.2 Å². The maximum atomic E-state index is 4.75. The number of aromatic nitrogens is 1. The molecule has 13 rings (SSSR count). The van der Waals surface area contributed by atoms with Crippen LogP contribution in [0.15, 0.2) is 109 Å². The predicted octanol–water partition coefficient (Wildman–Crippen LogP) is 10.6. The van der Waals surface area contributed by atoms with E-state index in [1.807, 2.05) is 0 Å². The van der Waals surface area contributed by atoms with E-state index in [2.05, 4.69) is 179 Å². The first-order chi connectivity index (χ1) is 29.2. The minimum Gasteiger partial charge on any atom is -0.335 e. The lowest BCUT2D eigenvalue weighted by Gasteiger charge is -2.53. The average Bonchev–Trinajstić information content (AvgIpc) is 3.78. The number of aryl methyl sites for hydroxylation is 1. The van der Waals surface area contributed by atoms with Crippen LogP contribution in [0.2, 0.25) is 6.55 Å². The molecule has 1 saturated carbocycles. The highest BCUT2D eigenvalue weighted by molar-refractivity contribution is 7.00. The third-order valence-corrected chi connectivity index (χ3v) is 19.2. The standard InChI is InChI=1S/C56H56BN3Si/c1-52(2,3)35-23-24-46-41(29-35)54(5)28-25-34-17-10-12-20-40(34)56(54,7)59(46)36-30-47-49-48(31-36)60-51-42(53(4)26-14-15-27-55(53,60)6)32-37(61(8)9)33-44(51)57(49)43-21-16-19-39-38-18-11-13-22-45(38)58(47)50(39)43/h10-13,16-24,29-33H,8,14-15,25-28H2,1-7,9H3. The van der Waals surface area contributed by atoms with E-state index in [0.717, 1.165) is 12.8 Å². The van der Waals surface area contributed by atoms with Gasteiger partial charge in [0.25, 0.3) is 6.71 Å². The summed E-state index contributed by atoms with van der Waals surface area (Å²) in [5.74, 6) is 0. The molecule has 0 radical (unpaired) electrons. The molecule has 4 unspecified atom stereocenters. The lowest BCUT2D eigenvalue weighted by Crippen LogP contribution is -2.64. The van der Waals surface area contributed by atoms with Gasteiger partial charge in [0.1, 0.15) is 0 Å². The zero-order chi connectivity index (χ0) is 41.7. The Balaban J connectivity index is 1.20. The minimum absolute atomic E-state index is 0.0313. The number of hydrogen-bond acceptors (Lipinski definition) is 2. The van der Waals surface area contributed by atoms with Gasteiger partial charge in [0.2, 0.25) is 0 Å². The topological polar surface area (TPSA) is 11.4 Å². The van der Waals surface area contributed by atoms with E-state index in [4.69, 9.17) is 6.17 Å². The van der Waals surface area contributed by atoms with Gasteiger partial charge < -0.3 is 14.4 Å². The second-order valence-electron chi connectivity index (χ2n) is 21.7. The van der Waals surface area contributed by atoms with Gasteiger partial charge in [-0.1, -0.05) is 139 Å². The molecule has 2 aliphatic carbocycles. The SMILES string of the molecule is C=[Si](C)c1cc2c3c(c1)C1(C)CCCCC1(C)N3c1cc(N3c4ccc(C(C)(C)C)cc4C4(C)CCc5ccccc5C34C)cc3c1B2c1cccc2c4ccccc4n-3c12. The fourth-order valence-corrected chi connectivity index (χ4v) is 15.1. The molecule has 6 aromatic carbocycles. The highest BCUT2D eigenvalue weighted by atomic mass is 28.2. The van der Waals surface area contributed by atoms with Crippen molar-refractivity contribution < 1.29 is 0 Å². The molecule has 5 heterocycles. The van der Waals surface area contributed by atoms with E-state index in [1.54, 1.807) is 5.56 Å². The van der Waals surface area contributed by atoms with E-state index in [0.29, 0.717) is 0 Å². The summed E-state index contributed by atoms with van der Waals surface area (Å²) in [6.45, 7) is 20.1. The molecule has 0 amide bonds. The molecular weight excluding hydrogens is 754 g/mol. The number of fused-ring (bicyclic) bond motifs is 15. The first-order valence-electron chi connectivity index (χ1n) is 23.1. The summed E-state index contributed by atoms with van der Waals surface area (Å²) in [6, 6.07) is 43.8. The van der Waals surface area contributed by atoms with Gasteiger partial charge >= 0.3 is 0 Å². The van der Waals surface area contributed by atoms with Crippen molar-refractivity contribution in [3.8, 4) is 5.69 Å². The van der Waals surface area contributed by atoms with Crippen molar-refractivity contribution in [1.29, 1.82) is 0 Å². The normalized spacial score (nSPS) is 26.2. The van der Waals surface area contributed by atoms with Crippen LogP contribution in [0.3, 0.4) is 0 Å². The summed E-state index contributed by atoms with van der Waals surface area (Å²) in [4.78, 5) is 5.76. The highest BCUT2D eigenvalue weighted by Gasteiger charge is 2.63. The zero-order valence-corrected chi connectivity index (χ0v) is 38.3. The molecule has 302 valence electrons. The Bertz CT molecular complexity index is 3170. The Hall–Kier alpha value is -5.13. The molecule has 0 saturated heterocycles. The van der Waals surface area contributed by atoms with E-state index >= 15 is 0 Å². The second-order valence-corrected chi connectivity index (χ2v) is 23.8. The molecule has 0 spiro atoms. The number of anilines is 4. The quantitative estimate of drug-likeness (QED) is 0.161. The van der Waals surface area contributed by atoms with Crippen molar-refractivity contribution in [3.05, 3.63) is 137 Å². The average molecular weight is 810 g/mol. The van der Waals surface area contributed by atoms with E-state index in [1.165, 1.54) is 120 Å². The van der Waals surface area contributed by atoms with Gasteiger partial charge in [0.15, 0.2) is 0 Å². The molecule has 0 N–H and O–H groups in total. The fraction of sp³-hybridized carbons (Fsp3) is 0.339. The third kappa shape index (κ3) is 4.12. The minimum atomic E-state index is -0.959. The largest absolute Gasteiger partial charge is 0.335 e. The van der Waals surface area contributed by atoms with Gasteiger partial charge in [-0.3, -0.25) is 0 Å². The van der Waals surface area contributed by atoms with Gasteiger partial charge in [-0.25, -0.2) is 0 Å². The summed E-state index contributed by atoms with van der Waals surface area (Å²) >= 11 is 0. The lowest BCUT2D eigenvalue weighted by atomic mass is 9.33. The van der Waals surface area contributed by atoms with Crippen LogP contribution in [0.1, 0.15) is 108 Å². The lowest BCUT2D eigenvalue weighted by molar-refractivity contribution is 0.195. The molecule has 5 heteroatoms. The van der Waals surface area contributed by atoms with Crippen LogP contribution in [0.25, 0.3) is 27.5 Å². The summed E-state index contributed by atoms with van der Waals surface area (Å²) in [7, 11) is -0.959. The Kier molecular flexibility index (Phi) is 6.86. The zero-order valence-electron chi connectivity index (χ0n) is 37.3. The molecule has 61 heavy (non-hydrogen) atoms.